The van der Waals surface area contributed by atoms with Crippen molar-refractivity contribution in [2.75, 3.05) is 13.7 Å². The SMILES string of the molecule is CCOC(=O)c1oc(CCC(C)OC)nc1C. The molecule has 0 spiro atoms. The number of hydrogen-bond acceptors (Lipinski definition) is 5. The topological polar surface area (TPSA) is 61.6 Å². The molecule has 0 saturated heterocycles. The molecule has 1 heterocycles. The molecule has 0 amide bonds. The van der Waals surface area contributed by atoms with E-state index in [0.717, 1.165) is 6.42 Å². The number of hydrogen-bond donors (Lipinski definition) is 0. The van der Waals surface area contributed by atoms with Crippen LogP contribution >= 0.6 is 0 Å². The second-order valence-electron chi connectivity index (χ2n) is 3.83. The van der Waals surface area contributed by atoms with E-state index in [1.165, 1.54) is 0 Å². The number of aromatic nitrogens is 1. The van der Waals surface area contributed by atoms with E-state index in [1.807, 2.05) is 6.92 Å². The summed E-state index contributed by atoms with van der Waals surface area (Å²) in [5.74, 6) is 0.296. The first kappa shape index (κ1) is 13.7. The molecule has 0 aliphatic carbocycles. The molecular weight excluding hydrogens is 222 g/mol. The molecule has 0 aliphatic heterocycles. The molecule has 1 atom stereocenters. The summed E-state index contributed by atoms with van der Waals surface area (Å²) in [6.45, 7) is 5.79. The van der Waals surface area contributed by atoms with Gasteiger partial charge in [-0.2, -0.15) is 0 Å². The summed E-state index contributed by atoms with van der Waals surface area (Å²) < 4.78 is 15.4. The van der Waals surface area contributed by atoms with Gasteiger partial charge in [0.1, 0.15) is 0 Å². The van der Waals surface area contributed by atoms with Crippen LogP contribution in [0, 0.1) is 6.92 Å². The van der Waals surface area contributed by atoms with Gasteiger partial charge in [0.25, 0.3) is 0 Å². The maximum absolute atomic E-state index is 11.5. The zero-order valence-corrected chi connectivity index (χ0v) is 10.8. The number of esters is 1. The number of aryl methyl sites for hydroxylation is 2. The monoisotopic (exact) mass is 241 g/mol. The zero-order valence-electron chi connectivity index (χ0n) is 10.8. The average Bonchev–Trinajstić information content (AvgIpc) is 2.68. The zero-order chi connectivity index (χ0) is 12.8. The number of ether oxygens (including phenoxy) is 2. The van der Waals surface area contributed by atoms with Gasteiger partial charge in [-0.05, 0) is 27.2 Å². The minimum absolute atomic E-state index is 0.147. The predicted octanol–water partition coefficient (Wildman–Crippen LogP) is 2.13. The van der Waals surface area contributed by atoms with E-state index in [1.54, 1.807) is 21.0 Å². The standard InChI is InChI=1S/C12H19NO4/c1-5-16-12(14)11-9(3)13-10(17-11)7-6-8(2)15-4/h8H,5-7H2,1-4H3. The first-order chi connectivity index (χ1) is 8.08. The fourth-order valence-electron chi connectivity index (χ4n) is 1.39. The largest absolute Gasteiger partial charge is 0.460 e. The number of carbonyl (C=O) groups excluding carboxylic acids is 1. The quantitative estimate of drug-likeness (QED) is 0.714. The van der Waals surface area contributed by atoms with Gasteiger partial charge in [-0.1, -0.05) is 0 Å². The van der Waals surface area contributed by atoms with Crippen LogP contribution in [-0.2, 0) is 15.9 Å². The summed E-state index contributed by atoms with van der Waals surface area (Å²) in [6.07, 6.45) is 1.60. The molecular formula is C12H19NO4. The Morgan fingerprint density at radius 1 is 1.53 bits per heavy atom. The van der Waals surface area contributed by atoms with E-state index in [-0.39, 0.29) is 11.9 Å². The Bertz CT molecular complexity index is 373. The number of rotatable bonds is 6. The predicted molar refractivity (Wildman–Crippen MR) is 62.0 cm³/mol. The van der Waals surface area contributed by atoms with Crippen LogP contribution in [0.5, 0.6) is 0 Å². The van der Waals surface area contributed by atoms with Crippen LogP contribution in [0.3, 0.4) is 0 Å². The molecule has 5 heteroatoms. The average molecular weight is 241 g/mol. The lowest BCUT2D eigenvalue weighted by molar-refractivity contribution is 0.0486. The first-order valence-corrected chi connectivity index (χ1v) is 5.74. The first-order valence-electron chi connectivity index (χ1n) is 5.74. The molecule has 0 aliphatic rings. The maximum atomic E-state index is 11.5. The van der Waals surface area contributed by atoms with Crippen LogP contribution in [-0.4, -0.2) is 30.8 Å². The van der Waals surface area contributed by atoms with Crippen molar-refractivity contribution in [1.29, 1.82) is 0 Å². The maximum Gasteiger partial charge on any atom is 0.376 e. The van der Waals surface area contributed by atoms with E-state index < -0.39 is 5.97 Å². The van der Waals surface area contributed by atoms with Crippen molar-refractivity contribution in [3.05, 3.63) is 17.3 Å². The van der Waals surface area contributed by atoms with Crippen molar-refractivity contribution < 1.29 is 18.7 Å². The highest BCUT2D eigenvalue weighted by Gasteiger charge is 2.18. The second kappa shape index (κ2) is 6.39. The van der Waals surface area contributed by atoms with Gasteiger partial charge >= 0.3 is 5.97 Å². The van der Waals surface area contributed by atoms with E-state index in [2.05, 4.69) is 4.98 Å². The lowest BCUT2D eigenvalue weighted by atomic mass is 10.2. The molecule has 0 fully saturated rings. The van der Waals surface area contributed by atoms with Gasteiger partial charge in [0.15, 0.2) is 5.89 Å². The number of carbonyl (C=O) groups is 1. The summed E-state index contributed by atoms with van der Waals surface area (Å²) in [5, 5.41) is 0. The molecule has 0 aromatic carbocycles. The van der Waals surface area contributed by atoms with E-state index in [4.69, 9.17) is 13.9 Å². The van der Waals surface area contributed by atoms with Crippen molar-refractivity contribution >= 4 is 5.97 Å². The molecule has 1 aromatic heterocycles. The Kier molecular flexibility index (Phi) is 5.15. The van der Waals surface area contributed by atoms with Gasteiger partial charge in [0.2, 0.25) is 5.76 Å². The van der Waals surface area contributed by atoms with Gasteiger partial charge in [-0.25, -0.2) is 9.78 Å². The highest BCUT2D eigenvalue weighted by atomic mass is 16.5. The smallest absolute Gasteiger partial charge is 0.376 e. The van der Waals surface area contributed by atoms with Crippen molar-refractivity contribution in [2.45, 2.75) is 39.7 Å². The fraction of sp³-hybridized carbons (Fsp3) is 0.667. The van der Waals surface area contributed by atoms with Crippen LogP contribution < -0.4 is 0 Å². The Hall–Kier alpha value is -1.36. The molecule has 0 N–H and O–H groups in total. The van der Waals surface area contributed by atoms with Gasteiger partial charge < -0.3 is 13.9 Å². The van der Waals surface area contributed by atoms with Crippen LogP contribution in [0.2, 0.25) is 0 Å². The van der Waals surface area contributed by atoms with E-state index in [0.29, 0.717) is 24.6 Å². The molecule has 1 aromatic rings. The number of nitrogens with zero attached hydrogens (tertiary/aromatic N) is 1. The van der Waals surface area contributed by atoms with Crippen LogP contribution in [0.25, 0.3) is 0 Å². The molecule has 1 unspecified atom stereocenters. The van der Waals surface area contributed by atoms with Crippen LogP contribution in [0.1, 0.15) is 42.4 Å². The Balaban J connectivity index is 2.64. The minimum atomic E-state index is -0.455. The highest BCUT2D eigenvalue weighted by Crippen LogP contribution is 2.14. The van der Waals surface area contributed by atoms with Gasteiger partial charge in [-0.3, -0.25) is 0 Å². The Labute approximate surface area is 101 Å². The Morgan fingerprint density at radius 2 is 2.24 bits per heavy atom. The van der Waals surface area contributed by atoms with Crippen molar-refractivity contribution in [3.8, 4) is 0 Å². The third-order valence-electron chi connectivity index (χ3n) is 2.47. The molecule has 0 saturated carbocycles. The Morgan fingerprint density at radius 3 is 2.82 bits per heavy atom. The molecule has 96 valence electrons. The van der Waals surface area contributed by atoms with E-state index >= 15 is 0 Å². The number of oxazole rings is 1. The van der Waals surface area contributed by atoms with Gasteiger partial charge in [0.05, 0.1) is 18.4 Å². The van der Waals surface area contributed by atoms with Crippen molar-refractivity contribution in [3.63, 3.8) is 0 Å². The summed E-state index contributed by atoms with van der Waals surface area (Å²) in [4.78, 5) is 15.7. The molecule has 17 heavy (non-hydrogen) atoms. The second-order valence-corrected chi connectivity index (χ2v) is 3.83. The van der Waals surface area contributed by atoms with Gasteiger partial charge in [-0.15, -0.1) is 0 Å². The van der Waals surface area contributed by atoms with E-state index in [9.17, 15) is 4.79 Å². The highest BCUT2D eigenvalue weighted by molar-refractivity contribution is 5.87. The normalized spacial score (nSPS) is 12.5. The molecule has 0 radical (unpaired) electrons. The fourth-order valence-corrected chi connectivity index (χ4v) is 1.39. The summed E-state index contributed by atoms with van der Waals surface area (Å²) >= 11 is 0. The molecule has 1 rings (SSSR count). The summed E-state index contributed by atoms with van der Waals surface area (Å²) in [7, 11) is 1.66. The lowest BCUT2D eigenvalue weighted by Gasteiger charge is -2.06. The van der Waals surface area contributed by atoms with Gasteiger partial charge in [0, 0.05) is 13.5 Å². The van der Waals surface area contributed by atoms with Crippen LogP contribution in [0.15, 0.2) is 4.42 Å². The molecule has 5 nitrogen and oxygen atoms in total. The summed E-state index contributed by atoms with van der Waals surface area (Å²) in [6, 6.07) is 0. The minimum Gasteiger partial charge on any atom is -0.460 e. The molecule has 0 bridgehead atoms. The van der Waals surface area contributed by atoms with Crippen LogP contribution in [0.4, 0.5) is 0 Å². The van der Waals surface area contributed by atoms with Crippen molar-refractivity contribution in [2.24, 2.45) is 0 Å². The lowest BCUT2D eigenvalue weighted by Crippen LogP contribution is -2.06. The third kappa shape index (κ3) is 3.85. The third-order valence-corrected chi connectivity index (χ3v) is 2.47. The number of methoxy groups -OCH3 is 1. The van der Waals surface area contributed by atoms with Crippen molar-refractivity contribution in [1.82, 2.24) is 4.98 Å². The summed E-state index contributed by atoms with van der Waals surface area (Å²) in [5.41, 5.74) is 0.573.